The third-order valence-corrected chi connectivity index (χ3v) is 1.71. The number of hydrogen-bond donors (Lipinski definition) is 0. The molecule has 15 heavy (non-hydrogen) atoms. The van der Waals surface area contributed by atoms with Crippen molar-refractivity contribution in [1.29, 1.82) is 0 Å². The lowest BCUT2D eigenvalue weighted by Crippen LogP contribution is -1.95. The first-order valence-electron chi connectivity index (χ1n) is 4.20. The molecule has 0 spiro atoms. The summed E-state index contributed by atoms with van der Waals surface area (Å²) in [5, 5.41) is 10.4. The lowest BCUT2D eigenvalue weighted by Gasteiger charge is -1.99. The summed E-state index contributed by atoms with van der Waals surface area (Å²) in [4.78, 5) is 9.52. The minimum absolute atomic E-state index is 0.0168. The fraction of sp³-hybridized carbons (Fsp3) is 0.200. The van der Waals surface area contributed by atoms with Gasteiger partial charge in [-0.2, -0.15) is 4.39 Å². The van der Waals surface area contributed by atoms with Crippen molar-refractivity contribution in [2.24, 2.45) is 0 Å². The summed E-state index contributed by atoms with van der Waals surface area (Å²) in [6.07, 6.45) is 1.42. The summed E-state index contributed by atoms with van der Waals surface area (Å²) in [6.45, 7) is 3.43. The van der Waals surface area contributed by atoms with E-state index in [1.165, 1.54) is 6.08 Å². The normalized spacial score (nSPS) is 9.87. The molecule has 0 saturated carbocycles. The van der Waals surface area contributed by atoms with Crippen LogP contribution in [0.25, 0.3) is 6.08 Å². The number of nitro benzene ring substituents is 1. The van der Waals surface area contributed by atoms with Crippen LogP contribution in [0.15, 0.2) is 17.7 Å². The molecule has 80 valence electrons. The predicted molar refractivity (Wildman–Crippen MR) is 52.3 cm³/mol. The molecular formula is C10H9F2NO2. The predicted octanol–water partition coefficient (Wildman–Crippen LogP) is 3.30. The zero-order valence-corrected chi connectivity index (χ0v) is 8.25. The van der Waals surface area contributed by atoms with Gasteiger partial charge in [0.1, 0.15) is 5.82 Å². The van der Waals surface area contributed by atoms with E-state index in [-0.39, 0.29) is 5.56 Å². The first-order valence-corrected chi connectivity index (χ1v) is 4.20. The standard InChI is InChI=1S/C10H9F2NO2/c1-6(2)3-7-4-10(13(14)15)9(12)5-8(7)11/h3-5H,1-2H3. The number of allylic oxidation sites excluding steroid dienone is 1. The lowest BCUT2D eigenvalue weighted by molar-refractivity contribution is -0.387. The molecule has 0 heterocycles. The van der Waals surface area contributed by atoms with Gasteiger partial charge < -0.3 is 0 Å². The van der Waals surface area contributed by atoms with Crippen molar-refractivity contribution in [3.05, 3.63) is 45.0 Å². The number of nitrogens with zero attached hydrogens (tertiary/aromatic N) is 1. The highest BCUT2D eigenvalue weighted by atomic mass is 19.1. The van der Waals surface area contributed by atoms with E-state index >= 15 is 0 Å². The van der Waals surface area contributed by atoms with E-state index in [0.717, 1.165) is 11.6 Å². The van der Waals surface area contributed by atoms with Crippen LogP contribution in [0.1, 0.15) is 19.4 Å². The average molecular weight is 213 g/mol. The van der Waals surface area contributed by atoms with Gasteiger partial charge in [0.05, 0.1) is 4.92 Å². The number of benzene rings is 1. The Kier molecular flexibility index (Phi) is 3.14. The van der Waals surface area contributed by atoms with Gasteiger partial charge in [-0.3, -0.25) is 10.1 Å². The summed E-state index contributed by atoms with van der Waals surface area (Å²) in [5.41, 5.74) is 0.0711. The first-order chi connectivity index (χ1) is 6.91. The maximum Gasteiger partial charge on any atom is 0.305 e. The Morgan fingerprint density at radius 1 is 1.33 bits per heavy atom. The largest absolute Gasteiger partial charge is 0.305 e. The Labute approximate surface area is 85.2 Å². The third-order valence-electron chi connectivity index (χ3n) is 1.71. The van der Waals surface area contributed by atoms with Gasteiger partial charge in [0.2, 0.25) is 5.82 Å². The summed E-state index contributed by atoms with van der Waals surface area (Å²) in [7, 11) is 0. The van der Waals surface area contributed by atoms with Crippen LogP contribution in [0.5, 0.6) is 0 Å². The van der Waals surface area contributed by atoms with Crippen LogP contribution in [0.3, 0.4) is 0 Å². The van der Waals surface area contributed by atoms with E-state index in [9.17, 15) is 18.9 Å². The minimum atomic E-state index is -1.16. The quantitative estimate of drug-likeness (QED) is 0.558. The fourth-order valence-corrected chi connectivity index (χ4v) is 1.12. The molecule has 0 fully saturated rings. The molecule has 0 aromatic heterocycles. The van der Waals surface area contributed by atoms with Crippen LogP contribution in [0.2, 0.25) is 0 Å². The molecule has 0 unspecified atom stereocenters. The van der Waals surface area contributed by atoms with E-state index in [0.29, 0.717) is 6.07 Å². The zero-order chi connectivity index (χ0) is 11.6. The molecule has 1 rings (SSSR count). The Balaban J connectivity index is 3.36. The molecule has 0 atom stereocenters. The third kappa shape index (κ3) is 2.59. The lowest BCUT2D eigenvalue weighted by atomic mass is 10.1. The molecular weight excluding hydrogens is 204 g/mol. The van der Waals surface area contributed by atoms with Crippen LogP contribution in [-0.2, 0) is 0 Å². The highest BCUT2D eigenvalue weighted by molar-refractivity contribution is 5.56. The van der Waals surface area contributed by atoms with Crippen molar-refractivity contribution in [2.75, 3.05) is 0 Å². The van der Waals surface area contributed by atoms with Gasteiger partial charge in [0.25, 0.3) is 0 Å². The molecule has 0 N–H and O–H groups in total. The van der Waals surface area contributed by atoms with Crippen LogP contribution in [-0.4, -0.2) is 4.92 Å². The summed E-state index contributed by atoms with van der Waals surface area (Å²) in [6, 6.07) is 1.41. The van der Waals surface area contributed by atoms with Crippen molar-refractivity contribution >= 4 is 11.8 Å². The van der Waals surface area contributed by atoms with E-state index in [2.05, 4.69) is 0 Å². The molecule has 5 heteroatoms. The highest BCUT2D eigenvalue weighted by Crippen LogP contribution is 2.23. The number of nitro groups is 1. The Morgan fingerprint density at radius 2 is 1.93 bits per heavy atom. The van der Waals surface area contributed by atoms with Gasteiger partial charge in [-0.15, -0.1) is 0 Å². The highest BCUT2D eigenvalue weighted by Gasteiger charge is 2.17. The van der Waals surface area contributed by atoms with E-state index in [1.807, 2.05) is 0 Å². The van der Waals surface area contributed by atoms with Gasteiger partial charge in [0, 0.05) is 17.7 Å². The molecule has 3 nitrogen and oxygen atoms in total. The molecule has 0 radical (unpaired) electrons. The Morgan fingerprint density at radius 3 is 2.40 bits per heavy atom. The average Bonchev–Trinajstić information content (AvgIpc) is 2.08. The second-order valence-corrected chi connectivity index (χ2v) is 3.30. The van der Waals surface area contributed by atoms with Crippen LogP contribution in [0, 0.1) is 21.7 Å². The second-order valence-electron chi connectivity index (χ2n) is 3.30. The van der Waals surface area contributed by atoms with Crippen molar-refractivity contribution < 1.29 is 13.7 Å². The number of halogens is 2. The smallest absolute Gasteiger partial charge is 0.258 e. The number of rotatable bonds is 2. The Hall–Kier alpha value is -1.78. The van der Waals surface area contributed by atoms with Gasteiger partial charge in [0.15, 0.2) is 0 Å². The Bertz CT molecular complexity index is 437. The van der Waals surface area contributed by atoms with Crippen molar-refractivity contribution in [3.8, 4) is 0 Å². The van der Waals surface area contributed by atoms with Crippen molar-refractivity contribution in [1.82, 2.24) is 0 Å². The van der Waals surface area contributed by atoms with E-state index < -0.39 is 22.2 Å². The molecule has 1 aromatic rings. The monoisotopic (exact) mass is 213 g/mol. The molecule has 0 bridgehead atoms. The van der Waals surface area contributed by atoms with E-state index in [1.54, 1.807) is 13.8 Å². The molecule has 0 aliphatic heterocycles. The maximum absolute atomic E-state index is 13.1. The van der Waals surface area contributed by atoms with Crippen LogP contribution in [0.4, 0.5) is 14.5 Å². The molecule has 0 aliphatic rings. The van der Waals surface area contributed by atoms with Gasteiger partial charge >= 0.3 is 5.69 Å². The van der Waals surface area contributed by atoms with Crippen molar-refractivity contribution in [3.63, 3.8) is 0 Å². The summed E-state index contributed by atoms with van der Waals surface area (Å²) in [5.74, 6) is -1.97. The zero-order valence-electron chi connectivity index (χ0n) is 8.25. The summed E-state index contributed by atoms with van der Waals surface area (Å²) >= 11 is 0. The fourth-order valence-electron chi connectivity index (χ4n) is 1.12. The van der Waals surface area contributed by atoms with Gasteiger partial charge in [-0.05, 0) is 13.8 Å². The topological polar surface area (TPSA) is 43.1 Å². The molecule has 0 amide bonds. The first kappa shape index (κ1) is 11.3. The van der Waals surface area contributed by atoms with Gasteiger partial charge in [-0.25, -0.2) is 4.39 Å². The van der Waals surface area contributed by atoms with Gasteiger partial charge in [-0.1, -0.05) is 11.6 Å². The van der Waals surface area contributed by atoms with Crippen LogP contribution >= 0.6 is 0 Å². The molecule has 1 aromatic carbocycles. The SMILES string of the molecule is CC(C)=Cc1cc([N+](=O)[O-])c(F)cc1F. The molecule has 0 aliphatic carbocycles. The van der Waals surface area contributed by atoms with E-state index in [4.69, 9.17) is 0 Å². The minimum Gasteiger partial charge on any atom is -0.258 e. The summed E-state index contributed by atoms with van der Waals surface area (Å²) < 4.78 is 26.1. The maximum atomic E-state index is 13.1. The van der Waals surface area contributed by atoms with Crippen molar-refractivity contribution in [2.45, 2.75) is 13.8 Å². The number of hydrogen-bond acceptors (Lipinski definition) is 2. The van der Waals surface area contributed by atoms with Crippen LogP contribution < -0.4 is 0 Å². The second kappa shape index (κ2) is 4.16. The molecule has 0 saturated heterocycles.